The van der Waals surface area contributed by atoms with E-state index in [-0.39, 0.29) is 18.0 Å². The van der Waals surface area contributed by atoms with Crippen LogP contribution in [0.2, 0.25) is 0 Å². The van der Waals surface area contributed by atoms with Crippen LogP contribution >= 0.6 is 11.3 Å². The molecule has 0 bridgehead atoms. The molecule has 1 saturated heterocycles. The lowest BCUT2D eigenvalue weighted by Crippen LogP contribution is -2.36. The lowest BCUT2D eigenvalue weighted by atomic mass is 10.2. The van der Waals surface area contributed by atoms with E-state index in [1.807, 2.05) is 35.7 Å². The molecule has 3 rings (SSSR count). The van der Waals surface area contributed by atoms with Gasteiger partial charge in [0.05, 0.1) is 0 Å². The Bertz CT molecular complexity index is 727. The number of ether oxygens (including phenoxy) is 1. The second-order valence-electron chi connectivity index (χ2n) is 6.13. The fourth-order valence-corrected chi connectivity index (χ4v) is 3.47. The number of rotatable bonds is 7. The summed E-state index contributed by atoms with van der Waals surface area (Å²) >= 11 is 1.69. The summed E-state index contributed by atoms with van der Waals surface area (Å²) in [5, 5.41) is 10.6. The van der Waals surface area contributed by atoms with E-state index in [4.69, 9.17) is 4.74 Å². The molecule has 2 aromatic rings. The van der Waals surface area contributed by atoms with E-state index >= 15 is 0 Å². The Labute approximate surface area is 156 Å². The van der Waals surface area contributed by atoms with Gasteiger partial charge in [-0.25, -0.2) is 4.79 Å². The first-order valence-electron chi connectivity index (χ1n) is 8.76. The first kappa shape index (κ1) is 18.4. The van der Waals surface area contributed by atoms with Crippen LogP contribution in [-0.2, 0) is 22.5 Å². The van der Waals surface area contributed by atoms with Crippen LogP contribution in [0.25, 0.3) is 0 Å². The minimum absolute atomic E-state index is 0.112. The van der Waals surface area contributed by atoms with E-state index in [0.717, 1.165) is 24.8 Å². The molecule has 3 amide bonds. The molecule has 26 heavy (non-hydrogen) atoms. The van der Waals surface area contributed by atoms with Crippen molar-refractivity contribution in [1.29, 1.82) is 0 Å². The molecular formula is C19H23N3O3S. The maximum atomic E-state index is 12.1. The van der Waals surface area contributed by atoms with Crippen LogP contribution in [0.5, 0.6) is 0 Å². The van der Waals surface area contributed by atoms with Crippen molar-refractivity contribution in [3.8, 4) is 0 Å². The summed E-state index contributed by atoms with van der Waals surface area (Å²) < 4.78 is 5.38. The van der Waals surface area contributed by atoms with E-state index < -0.39 is 0 Å². The number of anilines is 1. The zero-order valence-electron chi connectivity index (χ0n) is 14.5. The quantitative estimate of drug-likeness (QED) is 0.698. The molecule has 0 saturated carbocycles. The largest absolute Gasteiger partial charge is 0.368 e. The average molecular weight is 373 g/mol. The molecule has 1 aromatic heterocycles. The molecule has 2 heterocycles. The van der Waals surface area contributed by atoms with Gasteiger partial charge in [-0.3, -0.25) is 4.79 Å². The topological polar surface area (TPSA) is 79.5 Å². The summed E-state index contributed by atoms with van der Waals surface area (Å²) in [6, 6.07) is 11.3. The van der Waals surface area contributed by atoms with Gasteiger partial charge in [0.15, 0.2) is 0 Å². The molecule has 0 aliphatic carbocycles. The van der Waals surface area contributed by atoms with E-state index in [0.29, 0.717) is 25.4 Å². The third-order valence-corrected chi connectivity index (χ3v) is 5.04. The van der Waals surface area contributed by atoms with Gasteiger partial charge < -0.3 is 20.7 Å². The first-order valence-corrected chi connectivity index (χ1v) is 9.64. The molecule has 0 unspecified atom stereocenters. The summed E-state index contributed by atoms with van der Waals surface area (Å²) in [5.41, 5.74) is 1.63. The third kappa shape index (κ3) is 5.57. The maximum Gasteiger partial charge on any atom is 0.315 e. The summed E-state index contributed by atoms with van der Waals surface area (Å²) in [4.78, 5) is 25.2. The number of nitrogens with one attached hydrogen (secondary N) is 3. The van der Waals surface area contributed by atoms with E-state index in [2.05, 4.69) is 22.0 Å². The number of thiophene rings is 1. The van der Waals surface area contributed by atoms with E-state index in [1.54, 1.807) is 11.3 Å². The van der Waals surface area contributed by atoms with Crippen molar-refractivity contribution in [3.05, 3.63) is 52.2 Å². The first-order chi connectivity index (χ1) is 12.7. The van der Waals surface area contributed by atoms with Crippen LogP contribution in [0, 0.1) is 0 Å². The van der Waals surface area contributed by atoms with Gasteiger partial charge in [-0.05, 0) is 48.4 Å². The molecule has 0 spiro atoms. The fraction of sp³-hybridized carbons (Fsp3) is 0.368. The number of urea groups is 1. The Kier molecular flexibility index (Phi) is 6.62. The van der Waals surface area contributed by atoms with Crippen molar-refractivity contribution < 1.29 is 14.3 Å². The number of hydrogen-bond donors (Lipinski definition) is 3. The number of amides is 3. The monoisotopic (exact) mass is 373 g/mol. The molecule has 1 atom stereocenters. The van der Waals surface area contributed by atoms with Crippen LogP contribution in [-0.4, -0.2) is 31.2 Å². The Hall–Kier alpha value is -2.38. The average Bonchev–Trinajstić information content (AvgIpc) is 3.34. The predicted octanol–water partition coefficient (Wildman–Crippen LogP) is 2.91. The molecule has 138 valence electrons. The SMILES string of the molecule is O=C(NCCc1cccs1)NCc1cccc(NC(=O)[C@@H]2CCCO2)c1. The van der Waals surface area contributed by atoms with Crippen molar-refractivity contribution in [2.45, 2.75) is 31.9 Å². The second kappa shape index (κ2) is 9.35. The van der Waals surface area contributed by atoms with Gasteiger partial charge in [0.25, 0.3) is 5.91 Å². The highest BCUT2D eigenvalue weighted by atomic mass is 32.1. The van der Waals surface area contributed by atoms with Gasteiger partial charge in [-0.1, -0.05) is 18.2 Å². The third-order valence-electron chi connectivity index (χ3n) is 4.11. The van der Waals surface area contributed by atoms with Crippen molar-refractivity contribution in [2.75, 3.05) is 18.5 Å². The number of hydrogen-bond acceptors (Lipinski definition) is 4. The molecule has 1 aromatic carbocycles. The Balaban J connectivity index is 1.41. The molecule has 3 N–H and O–H groups in total. The summed E-state index contributed by atoms with van der Waals surface area (Å²) in [6.07, 6.45) is 2.16. The van der Waals surface area contributed by atoms with Crippen molar-refractivity contribution in [1.82, 2.24) is 10.6 Å². The Morgan fingerprint density at radius 3 is 2.88 bits per heavy atom. The molecule has 1 fully saturated rings. The normalized spacial score (nSPS) is 16.2. The summed E-state index contributed by atoms with van der Waals surface area (Å²) in [7, 11) is 0. The highest BCUT2D eigenvalue weighted by Crippen LogP contribution is 2.16. The standard InChI is InChI=1S/C19H23N3O3S/c23-18(17-7-2-10-25-17)22-15-5-1-4-14(12-15)13-21-19(24)20-9-8-16-6-3-11-26-16/h1,3-6,11-12,17H,2,7-10,13H2,(H,22,23)(H2,20,21,24)/t17-/m0/s1. The second-order valence-corrected chi connectivity index (χ2v) is 7.16. The Morgan fingerprint density at radius 2 is 2.12 bits per heavy atom. The van der Waals surface area contributed by atoms with Crippen molar-refractivity contribution >= 4 is 29.0 Å². The number of benzene rings is 1. The maximum absolute atomic E-state index is 12.1. The number of carbonyl (C=O) groups is 2. The zero-order valence-corrected chi connectivity index (χ0v) is 15.3. The lowest BCUT2D eigenvalue weighted by molar-refractivity contribution is -0.124. The number of carbonyl (C=O) groups excluding carboxylic acids is 2. The predicted molar refractivity (Wildman–Crippen MR) is 102 cm³/mol. The van der Waals surface area contributed by atoms with Crippen LogP contribution < -0.4 is 16.0 Å². The van der Waals surface area contributed by atoms with Gasteiger partial charge in [-0.15, -0.1) is 11.3 Å². The molecule has 7 heteroatoms. The van der Waals surface area contributed by atoms with Crippen LogP contribution in [0.4, 0.5) is 10.5 Å². The minimum Gasteiger partial charge on any atom is -0.368 e. The highest BCUT2D eigenvalue weighted by Gasteiger charge is 2.23. The Morgan fingerprint density at radius 1 is 1.19 bits per heavy atom. The fourth-order valence-electron chi connectivity index (χ4n) is 2.77. The molecule has 1 aliphatic heterocycles. The molecule has 0 radical (unpaired) electrons. The van der Waals surface area contributed by atoms with Crippen LogP contribution in [0.15, 0.2) is 41.8 Å². The van der Waals surface area contributed by atoms with Crippen molar-refractivity contribution in [3.63, 3.8) is 0 Å². The lowest BCUT2D eigenvalue weighted by Gasteiger charge is -2.12. The smallest absolute Gasteiger partial charge is 0.315 e. The zero-order chi connectivity index (χ0) is 18.2. The molecule has 6 nitrogen and oxygen atoms in total. The summed E-state index contributed by atoms with van der Waals surface area (Å²) in [5.74, 6) is -0.112. The highest BCUT2D eigenvalue weighted by molar-refractivity contribution is 7.09. The van der Waals surface area contributed by atoms with E-state index in [1.165, 1.54) is 4.88 Å². The van der Waals surface area contributed by atoms with Crippen molar-refractivity contribution in [2.24, 2.45) is 0 Å². The van der Waals surface area contributed by atoms with Gasteiger partial charge in [-0.2, -0.15) is 0 Å². The van der Waals surface area contributed by atoms with Gasteiger partial charge in [0, 0.05) is 30.3 Å². The van der Waals surface area contributed by atoms with Gasteiger partial charge >= 0.3 is 6.03 Å². The summed E-state index contributed by atoms with van der Waals surface area (Å²) in [6.45, 7) is 1.64. The van der Waals surface area contributed by atoms with Crippen LogP contribution in [0.1, 0.15) is 23.3 Å². The van der Waals surface area contributed by atoms with Gasteiger partial charge in [0.2, 0.25) is 0 Å². The minimum atomic E-state index is -0.356. The molecule has 1 aliphatic rings. The molecular weight excluding hydrogens is 350 g/mol. The van der Waals surface area contributed by atoms with Crippen LogP contribution in [0.3, 0.4) is 0 Å². The van der Waals surface area contributed by atoms with Gasteiger partial charge in [0.1, 0.15) is 6.10 Å². The van der Waals surface area contributed by atoms with E-state index in [9.17, 15) is 9.59 Å².